The molecule has 0 bridgehead atoms. The lowest BCUT2D eigenvalue weighted by molar-refractivity contribution is 0.409. The molecule has 0 aliphatic carbocycles. The van der Waals surface area contributed by atoms with E-state index in [1.165, 1.54) is 6.39 Å². The summed E-state index contributed by atoms with van der Waals surface area (Å²) in [5.41, 5.74) is 0. The predicted molar refractivity (Wildman–Crippen MR) is 50.1 cm³/mol. The maximum Gasteiger partial charge on any atom is 0.213 e. The van der Waals surface area contributed by atoms with Gasteiger partial charge in [0, 0.05) is 13.0 Å². The Kier molecular flexibility index (Phi) is 3.59. The Morgan fingerprint density at radius 2 is 2.29 bits per heavy atom. The van der Waals surface area contributed by atoms with Crippen molar-refractivity contribution in [2.24, 2.45) is 0 Å². The summed E-state index contributed by atoms with van der Waals surface area (Å²) in [6.07, 6.45) is 1.65. The molecule has 0 unspecified atom stereocenters. The van der Waals surface area contributed by atoms with Crippen LogP contribution in [-0.2, 0) is 16.4 Å². The normalized spacial score (nSPS) is 12.2. The third-order valence-corrected chi connectivity index (χ3v) is 3.53. The van der Waals surface area contributed by atoms with E-state index in [9.17, 15) is 8.42 Å². The number of aromatic nitrogens is 2. The van der Waals surface area contributed by atoms with E-state index in [-0.39, 0.29) is 0 Å². The van der Waals surface area contributed by atoms with Gasteiger partial charge in [0.2, 0.25) is 16.4 Å². The average Bonchev–Trinajstić information content (AvgIpc) is 2.56. The van der Waals surface area contributed by atoms with Gasteiger partial charge in [0.1, 0.15) is 0 Å². The van der Waals surface area contributed by atoms with Crippen molar-refractivity contribution in [2.75, 3.05) is 6.54 Å². The molecule has 0 atom stereocenters. The predicted octanol–water partition coefficient (Wildman–Crippen LogP) is -0.0601. The van der Waals surface area contributed by atoms with E-state index in [0.29, 0.717) is 18.8 Å². The molecule has 7 heteroatoms. The summed E-state index contributed by atoms with van der Waals surface area (Å²) in [5, 5.41) is 3.14. The van der Waals surface area contributed by atoms with Crippen LogP contribution in [0.1, 0.15) is 19.7 Å². The van der Waals surface area contributed by atoms with Gasteiger partial charge in [-0.15, -0.1) is 0 Å². The van der Waals surface area contributed by atoms with Gasteiger partial charge in [-0.3, -0.25) is 0 Å². The van der Waals surface area contributed by atoms with Crippen LogP contribution in [0.25, 0.3) is 0 Å². The van der Waals surface area contributed by atoms with E-state index in [2.05, 4.69) is 19.4 Å². The van der Waals surface area contributed by atoms with E-state index >= 15 is 0 Å². The lowest BCUT2D eigenvalue weighted by atomic mass is 10.4. The molecule has 1 aromatic rings. The Morgan fingerprint density at radius 3 is 2.79 bits per heavy atom. The third-order valence-electron chi connectivity index (χ3n) is 1.68. The zero-order valence-electron chi connectivity index (χ0n) is 8.10. The molecule has 0 saturated carbocycles. The number of nitrogens with one attached hydrogen (secondary N) is 1. The summed E-state index contributed by atoms with van der Waals surface area (Å²) in [7, 11) is -3.19. The minimum Gasteiger partial charge on any atom is -0.343 e. The molecule has 0 spiro atoms. The Bertz CT molecular complexity index is 358. The van der Waals surface area contributed by atoms with E-state index in [1.54, 1.807) is 13.8 Å². The highest BCUT2D eigenvalue weighted by molar-refractivity contribution is 7.90. The maximum atomic E-state index is 11.3. The van der Waals surface area contributed by atoms with E-state index in [0.717, 1.165) is 0 Å². The Hall–Kier alpha value is -0.950. The van der Waals surface area contributed by atoms with E-state index < -0.39 is 15.3 Å². The van der Waals surface area contributed by atoms with Crippen LogP contribution < -0.4 is 4.72 Å². The van der Waals surface area contributed by atoms with E-state index in [4.69, 9.17) is 0 Å². The number of nitrogens with zero attached hydrogens (tertiary/aromatic N) is 2. The van der Waals surface area contributed by atoms with Gasteiger partial charge in [-0.2, -0.15) is 4.98 Å². The highest BCUT2D eigenvalue weighted by Gasteiger charge is 2.14. The van der Waals surface area contributed by atoms with Gasteiger partial charge in [0.05, 0.1) is 5.25 Å². The third kappa shape index (κ3) is 3.08. The van der Waals surface area contributed by atoms with Crippen LogP contribution >= 0.6 is 0 Å². The van der Waals surface area contributed by atoms with Crippen molar-refractivity contribution in [1.82, 2.24) is 14.9 Å². The van der Waals surface area contributed by atoms with Gasteiger partial charge in [0.25, 0.3) is 0 Å². The topological polar surface area (TPSA) is 85.1 Å². The summed E-state index contributed by atoms with van der Waals surface area (Å²) in [4.78, 5) is 3.77. The van der Waals surface area contributed by atoms with Crippen LogP contribution in [-0.4, -0.2) is 30.4 Å². The number of rotatable bonds is 5. The molecule has 0 fully saturated rings. The Balaban J connectivity index is 2.36. The number of hydrogen-bond donors (Lipinski definition) is 1. The van der Waals surface area contributed by atoms with Crippen LogP contribution in [0.15, 0.2) is 10.9 Å². The fourth-order valence-corrected chi connectivity index (χ4v) is 1.49. The first-order chi connectivity index (χ1) is 6.52. The fraction of sp³-hybridized carbons (Fsp3) is 0.714. The van der Waals surface area contributed by atoms with Crippen molar-refractivity contribution in [1.29, 1.82) is 0 Å². The van der Waals surface area contributed by atoms with Gasteiger partial charge in [-0.05, 0) is 13.8 Å². The maximum absolute atomic E-state index is 11.3. The monoisotopic (exact) mass is 219 g/mol. The first-order valence-corrected chi connectivity index (χ1v) is 5.80. The second-order valence-corrected chi connectivity index (χ2v) is 5.41. The minimum atomic E-state index is -3.19. The van der Waals surface area contributed by atoms with Gasteiger partial charge < -0.3 is 4.52 Å². The lowest BCUT2D eigenvalue weighted by Gasteiger charge is -2.07. The molecule has 0 amide bonds. The van der Waals surface area contributed by atoms with Gasteiger partial charge >= 0.3 is 0 Å². The second kappa shape index (κ2) is 4.52. The summed E-state index contributed by atoms with van der Waals surface area (Å²) in [5.74, 6) is 0.497. The van der Waals surface area contributed by atoms with Crippen molar-refractivity contribution >= 4 is 10.0 Å². The minimum absolute atomic E-state index is 0.292. The van der Waals surface area contributed by atoms with Crippen LogP contribution in [0.3, 0.4) is 0 Å². The average molecular weight is 219 g/mol. The van der Waals surface area contributed by atoms with Gasteiger partial charge in [-0.1, -0.05) is 5.16 Å². The summed E-state index contributed by atoms with van der Waals surface area (Å²) < 4.78 is 29.5. The van der Waals surface area contributed by atoms with Crippen LogP contribution in [0.4, 0.5) is 0 Å². The molecule has 0 saturated heterocycles. The molecule has 0 aliphatic heterocycles. The Morgan fingerprint density at radius 1 is 1.57 bits per heavy atom. The quantitative estimate of drug-likeness (QED) is 0.749. The van der Waals surface area contributed by atoms with E-state index in [1.807, 2.05) is 0 Å². The summed E-state index contributed by atoms with van der Waals surface area (Å²) >= 11 is 0. The molecule has 6 nitrogen and oxygen atoms in total. The summed E-state index contributed by atoms with van der Waals surface area (Å²) in [6, 6.07) is 0. The van der Waals surface area contributed by atoms with Crippen LogP contribution in [0, 0.1) is 0 Å². The first-order valence-electron chi connectivity index (χ1n) is 4.26. The summed E-state index contributed by atoms with van der Waals surface area (Å²) in [6.45, 7) is 3.54. The molecule has 14 heavy (non-hydrogen) atoms. The van der Waals surface area contributed by atoms with Crippen molar-refractivity contribution in [3.63, 3.8) is 0 Å². The van der Waals surface area contributed by atoms with Gasteiger partial charge in [0.15, 0.2) is 5.82 Å². The molecular weight excluding hydrogens is 206 g/mol. The highest BCUT2D eigenvalue weighted by Crippen LogP contribution is 1.96. The Labute approximate surface area is 82.8 Å². The smallest absolute Gasteiger partial charge is 0.213 e. The highest BCUT2D eigenvalue weighted by atomic mass is 32.2. The SMILES string of the molecule is CC(C)S(=O)(=O)NCCc1ncon1. The fourth-order valence-electron chi connectivity index (χ4n) is 0.774. The van der Waals surface area contributed by atoms with Crippen molar-refractivity contribution < 1.29 is 12.9 Å². The van der Waals surface area contributed by atoms with Crippen LogP contribution in [0.5, 0.6) is 0 Å². The van der Waals surface area contributed by atoms with Crippen molar-refractivity contribution in [3.05, 3.63) is 12.2 Å². The lowest BCUT2D eigenvalue weighted by Crippen LogP contribution is -2.32. The molecule has 0 radical (unpaired) electrons. The van der Waals surface area contributed by atoms with Crippen molar-refractivity contribution in [2.45, 2.75) is 25.5 Å². The molecule has 80 valence electrons. The number of sulfonamides is 1. The largest absolute Gasteiger partial charge is 0.343 e. The zero-order valence-corrected chi connectivity index (χ0v) is 8.91. The zero-order chi connectivity index (χ0) is 10.6. The first kappa shape index (κ1) is 11.1. The molecule has 1 rings (SSSR count). The molecule has 0 aliphatic rings. The molecule has 0 aromatic carbocycles. The number of hydrogen-bond acceptors (Lipinski definition) is 5. The molecule has 1 aromatic heterocycles. The molecule has 1 N–H and O–H groups in total. The van der Waals surface area contributed by atoms with Gasteiger partial charge in [-0.25, -0.2) is 13.1 Å². The molecular formula is C7H13N3O3S. The van der Waals surface area contributed by atoms with Crippen LogP contribution in [0.2, 0.25) is 0 Å². The second-order valence-electron chi connectivity index (χ2n) is 3.09. The molecule has 1 heterocycles. The standard InChI is InChI=1S/C7H13N3O3S/c1-6(2)14(11,12)9-4-3-7-8-5-13-10-7/h5-6,9H,3-4H2,1-2H3. The van der Waals surface area contributed by atoms with Crippen molar-refractivity contribution in [3.8, 4) is 0 Å².